The summed E-state index contributed by atoms with van der Waals surface area (Å²) in [6.07, 6.45) is 1.09. The molecule has 2 aromatic rings. The highest BCUT2D eigenvalue weighted by Gasteiger charge is 2.34. The number of carbonyl (C=O) groups is 1. The van der Waals surface area contributed by atoms with Crippen LogP contribution in [0.3, 0.4) is 0 Å². The number of pyridine rings is 1. The third-order valence-electron chi connectivity index (χ3n) is 4.35. The molecule has 1 aliphatic carbocycles. The molecule has 2 heterocycles. The average Bonchev–Trinajstić information content (AvgIpc) is 2.86. The Morgan fingerprint density at radius 1 is 1.27 bits per heavy atom. The van der Waals surface area contributed by atoms with E-state index >= 15 is 0 Å². The number of hydrogen-bond donors (Lipinski definition) is 0. The molecule has 0 radical (unpaired) electrons. The van der Waals surface area contributed by atoms with E-state index in [0.717, 1.165) is 42.5 Å². The SMILES string of the molecule is N#C[C@@H](C(=O)c1cc2c(s1)CCCCC2)c1ncc(C(F)(F)F)cc1Cl. The summed E-state index contributed by atoms with van der Waals surface area (Å²) in [4.78, 5) is 18.0. The standard InChI is InChI=1S/C18H14ClF3N2OS/c19-13-7-11(18(20,21)22)9-24-16(13)12(8-23)17(25)15-6-10-4-2-1-3-5-14(10)26-15/h6-7,9,12H,1-5H2/t12-/m1/s1. The molecule has 0 aliphatic heterocycles. The van der Waals surface area contributed by atoms with Gasteiger partial charge in [-0.3, -0.25) is 9.78 Å². The summed E-state index contributed by atoms with van der Waals surface area (Å²) in [7, 11) is 0. The Morgan fingerprint density at radius 2 is 2.00 bits per heavy atom. The molecule has 0 bridgehead atoms. The summed E-state index contributed by atoms with van der Waals surface area (Å²) in [5, 5.41) is 9.09. The number of ketones is 1. The highest BCUT2D eigenvalue weighted by molar-refractivity contribution is 7.14. The molecule has 1 aliphatic rings. The Morgan fingerprint density at radius 3 is 2.65 bits per heavy atom. The van der Waals surface area contributed by atoms with Gasteiger partial charge < -0.3 is 0 Å². The molecule has 26 heavy (non-hydrogen) atoms. The maximum absolute atomic E-state index is 12.8. The van der Waals surface area contributed by atoms with E-state index in [1.165, 1.54) is 11.3 Å². The van der Waals surface area contributed by atoms with Crippen molar-refractivity contribution >= 4 is 28.7 Å². The fraction of sp³-hybridized carbons (Fsp3) is 0.389. The number of nitriles is 1. The van der Waals surface area contributed by atoms with Crippen molar-refractivity contribution in [1.29, 1.82) is 5.26 Å². The van der Waals surface area contributed by atoms with E-state index in [-0.39, 0.29) is 10.7 Å². The number of alkyl halides is 3. The second-order valence-electron chi connectivity index (χ2n) is 6.13. The van der Waals surface area contributed by atoms with Gasteiger partial charge in [0.05, 0.1) is 27.2 Å². The van der Waals surface area contributed by atoms with Crippen LogP contribution in [0, 0.1) is 11.3 Å². The number of aryl methyl sites for hydroxylation is 2. The molecule has 3 rings (SSSR count). The molecule has 0 spiro atoms. The van der Waals surface area contributed by atoms with Gasteiger partial charge in [0.15, 0.2) is 11.7 Å². The zero-order valence-electron chi connectivity index (χ0n) is 13.6. The Bertz CT molecular complexity index is 862. The average molecular weight is 399 g/mol. The third-order valence-corrected chi connectivity index (χ3v) is 5.91. The van der Waals surface area contributed by atoms with E-state index < -0.39 is 23.4 Å². The largest absolute Gasteiger partial charge is 0.417 e. The molecule has 0 amide bonds. The van der Waals surface area contributed by atoms with Crippen LogP contribution in [0.4, 0.5) is 13.2 Å². The Kier molecular flexibility index (Phi) is 5.35. The predicted molar refractivity (Wildman–Crippen MR) is 92.5 cm³/mol. The molecule has 0 fully saturated rings. The van der Waals surface area contributed by atoms with Crippen molar-refractivity contribution in [2.45, 2.75) is 44.2 Å². The van der Waals surface area contributed by atoms with E-state index in [9.17, 15) is 23.2 Å². The van der Waals surface area contributed by atoms with E-state index in [2.05, 4.69) is 4.98 Å². The van der Waals surface area contributed by atoms with Gasteiger partial charge in [-0.05, 0) is 43.4 Å². The molecule has 3 nitrogen and oxygen atoms in total. The molecular weight excluding hydrogens is 385 g/mol. The first kappa shape index (κ1) is 18.9. The number of thiophene rings is 1. The monoisotopic (exact) mass is 398 g/mol. The first-order valence-electron chi connectivity index (χ1n) is 8.09. The maximum atomic E-state index is 12.8. The van der Waals surface area contributed by atoms with Gasteiger partial charge in [-0.2, -0.15) is 18.4 Å². The summed E-state index contributed by atoms with van der Waals surface area (Å²) in [5.74, 6) is -1.80. The predicted octanol–water partition coefficient (Wildman–Crippen LogP) is 5.57. The lowest BCUT2D eigenvalue weighted by Gasteiger charge is -2.11. The van der Waals surface area contributed by atoms with Gasteiger partial charge in [0.1, 0.15) is 0 Å². The van der Waals surface area contributed by atoms with E-state index in [1.54, 1.807) is 6.07 Å². The molecule has 1 atom stereocenters. The molecule has 0 aromatic carbocycles. The van der Waals surface area contributed by atoms with Crippen molar-refractivity contribution < 1.29 is 18.0 Å². The highest BCUT2D eigenvalue weighted by atomic mass is 35.5. The number of aromatic nitrogens is 1. The van der Waals surface area contributed by atoms with Crippen LogP contribution in [0.2, 0.25) is 5.02 Å². The molecule has 0 saturated carbocycles. The van der Waals surface area contributed by atoms with E-state index in [1.807, 2.05) is 6.07 Å². The molecule has 136 valence electrons. The van der Waals surface area contributed by atoms with Crippen LogP contribution < -0.4 is 0 Å². The second kappa shape index (κ2) is 7.37. The third kappa shape index (κ3) is 3.76. The molecule has 0 unspecified atom stereocenters. The van der Waals surface area contributed by atoms with Gasteiger partial charge in [-0.15, -0.1) is 11.3 Å². The number of hydrogen-bond acceptors (Lipinski definition) is 4. The van der Waals surface area contributed by atoms with Crippen LogP contribution >= 0.6 is 22.9 Å². The van der Waals surface area contributed by atoms with Crippen molar-refractivity contribution in [1.82, 2.24) is 4.98 Å². The van der Waals surface area contributed by atoms with Crippen LogP contribution in [-0.2, 0) is 19.0 Å². The Hall–Kier alpha value is -1.91. The molecule has 8 heteroatoms. The lowest BCUT2D eigenvalue weighted by Crippen LogP contribution is -2.14. The number of nitrogens with zero attached hydrogens (tertiary/aromatic N) is 2. The number of rotatable bonds is 3. The van der Waals surface area contributed by atoms with E-state index in [4.69, 9.17) is 11.6 Å². The molecule has 0 N–H and O–H groups in total. The summed E-state index contributed by atoms with van der Waals surface area (Å²) in [5.41, 5.74) is -0.0343. The maximum Gasteiger partial charge on any atom is 0.417 e. The van der Waals surface area contributed by atoms with Gasteiger partial charge >= 0.3 is 6.18 Å². The van der Waals surface area contributed by atoms with Crippen molar-refractivity contribution in [3.8, 4) is 6.07 Å². The van der Waals surface area contributed by atoms with Crippen LogP contribution in [0.25, 0.3) is 0 Å². The van der Waals surface area contributed by atoms with Gasteiger partial charge in [0.2, 0.25) is 0 Å². The number of halogens is 4. The minimum atomic E-state index is -4.59. The fourth-order valence-corrected chi connectivity index (χ4v) is 4.49. The van der Waals surface area contributed by atoms with Crippen molar-refractivity contribution in [3.05, 3.63) is 49.9 Å². The van der Waals surface area contributed by atoms with Crippen molar-refractivity contribution in [2.24, 2.45) is 0 Å². The zero-order chi connectivity index (χ0) is 18.9. The lowest BCUT2D eigenvalue weighted by atomic mass is 9.98. The minimum Gasteiger partial charge on any atom is -0.291 e. The van der Waals surface area contributed by atoms with Gasteiger partial charge in [-0.25, -0.2) is 0 Å². The van der Waals surface area contributed by atoms with Crippen LogP contribution in [-0.4, -0.2) is 10.8 Å². The molecule has 2 aromatic heterocycles. The van der Waals surface area contributed by atoms with Crippen molar-refractivity contribution in [3.63, 3.8) is 0 Å². The zero-order valence-corrected chi connectivity index (χ0v) is 15.1. The lowest BCUT2D eigenvalue weighted by molar-refractivity contribution is -0.137. The summed E-state index contributed by atoms with van der Waals surface area (Å²) in [6.45, 7) is 0. The van der Waals surface area contributed by atoms with Crippen molar-refractivity contribution in [2.75, 3.05) is 0 Å². The Labute approximate surface area is 157 Å². The van der Waals surface area contributed by atoms with Gasteiger partial charge in [0.25, 0.3) is 0 Å². The van der Waals surface area contributed by atoms with Crippen LogP contribution in [0.1, 0.15) is 56.6 Å². The Balaban J connectivity index is 1.92. The smallest absolute Gasteiger partial charge is 0.291 e. The topological polar surface area (TPSA) is 53.8 Å². The number of fused-ring (bicyclic) bond motifs is 1. The quantitative estimate of drug-likeness (QED) is 0.501. The minimum absolute atomic E-state index is 0.143. The second-order valence-corrected chi connectivity index (χ2v) is 7.68. The number of Topliss-reactive ketones (excluding diaryl/α,β-unsaturated/α-hetero) is 1. The van der Waals surface area contributed by atoms with Gasteiger partial charge in [0, 0.05) is 11.1 Å². The molecule has 0 saturated heterocycles. The normalized spacial score (nSPS) is 15.7. The van der Waals surface area contributed by atoms with E-state index in [0.29, 0.717) is 17.1 Å². The molecular formula is C18H14ClF3N2OS. The summed E-state index contributed by atoms with van der Waals surface area (Å²) < 4.78 is 38.2. The van der Waals surface area contributed by atoms with Crippen LogP contribution in [0.5, 0.6) is 0 Å². The summed E-state index contributed by atoms with van der Waals surface area (Å²) in [6, 6.07) is 4.34. The highest BCUT2D eigenvalue weighted by Crippen LogP contribution is 2.35. The fourth-order valence-electron chi connectivity index (χ4n) is 2.99. The van der Waals surface area contributed by atoms with Crippen LogP contribution in [0.15, 0.2) is 18.3 Å². The first-order valence-corrected chi connectivity index (χ1v) is 9.28. The van der Waals surface area contributed by atoms with Gasteiger partial charge in [-0.1, -0.05) is 18.0 Å². The summed E-state index contributed by atoms with van der Waals surface area (Å²) >= 11 is 7.26. The number of carbonyl (C=O) groups excluding carboxylic acids is 1. The first-order chi connectivity index (χ1) is 12.3.